The number of hydrogen-bond donors (Lipinski definition) is 3. The fraction of sp³-hybridized carbons (Fsp3) is 0.938. The van der Waals surface area contributed by atoms with Gasteiger partial charge in [0.2, 0.25) is 0 Å². The van der Waals surface area contributed by atoms with E-state index in [2.05, 4.69) is 10.2 Å². The van der Waals surface area contributed by atoms with Crippen molar-refractivity contribution in [3.63, 3.8) is 0 Å². The van der Waals surface area contributed by atoms with E-state index in [1.54, 1.807) is 0 Å². The van der Waals surface area contributed by atoms with Gasteiger partial charge in [-0.2, -0.15) is 0 Å². The highest BCUT2D eigenvalue weighted by Crippen LogP contribution is 2.29. The molecule has 1 aliphatic carbocycles. The quantitative estimate of drug-likeness (QED) is 0.630. The maximum Gasteiger partial charge on any atom is 0.317 e. The van der Waals surface area contributed by atoms with Crippen LogP contribution in [0.2, 0.25) is 0 Å². The highest BCUT2D eigenvalue weighted by molar-refractivity contribution is 5.68. The van der Waals surface area contributed by atoms with Crippen LogP contribution in [0.25, 0.3) is 0 Å². The number of carbonyl (C=O) groups is 1. The lowest BCUT2D eigenvalue weighted by atomic mass is 9.96. The number of carboxylic acid groups (broad SMARTS) is 1. The fourth-order valence-electron chi connectivity index (χ4n) is 3.87. The molecule has 1 saturated carbocycles. The average Bonchev–Trinajstić information content (AvgIpc) is 2.91. The number of likely N-dealkylation sites (tertiary alicyclic amines) is 1. The number of nitrogens with one attached hydrogen (secondary N) is 1. The van der Waals surface area contributed by atoms with Crippen LogP contribution < -0.4 is 5.32 Å². The van der Waals surface area contributed by atoms with Crippen molar-refractivity contribution in [1.29, 1.82) is 0 Å². The van der Waals surface area contributed by atoms with Crippen LogP contribution in [0.5, 0.6) is 0 Å². The standard InChI is InChI=1S/C16H30N2O3/c19-15(8-13-4-1-2-5-13)12-18-7-3-6-14(11-18)9-17-10-16(20)21/h13-15,17,19H,1-12H2,(H,20,21). The molecule has 1 saturated heterocycles. The molecular formula is C16H30N2O3. The Morgan fingerprint density at radius 2 is 1.90 bits per heavy atom. The van der Waals surface area contributed by atoms with Gasteiger partial charge in [-0.05, 0) is 44.2 Å². The molecular weight excluding hydrogens is 268 g/mol. The first-order valence-corrected chi connectivity index (χ1v) is 8.46. The van der Waals surface area contributed by atoms with E-state index < -0.39 is 5.97 Å². The lowest BCUT2D eigenvalue weighted by Gasteiger charge is -2.34. The van der Waals surface area contributed by atoms with E-state index in [9.17, 15) is 9.90 Å². The van der Waals surface area contributed by atoms with E-state index in [4.69, 9.17) is 5.11 Å². The lowest BCUT2D eigenvalue weighted by Crippen LogP contribution is -2.43. The number of aliphatic carboxylic acids is 1. The number of aliphatic hydroxyl groups excluding tert-OH is 1. The van der Waals surface area contributed by atoms with Crippen LogP contribution in [-0.4, -0.2) is 59.9 Å². The number of nitrogens with zero attached hydrogens (tertiary/aromatic N) is 1. The minimum Gasteiger partial charge on any atom is -0.480 e. The molecule has 2 unspecified atom stereocenters. The van der Waals surface area contributed by atoms with Gasteiger partial charge in [-0.15, -0.1) is 0 Å². The summed E-state index contributed by atoms with van der Waals surface area (Å²) in [7, 11) is 0. The molecule has 2 atom stereocenters. The predicted molar refractivity (Wildman–Crippen MR) is 82.3 cm³/mol. The number of aliphatic hydroxyl groups is 1. The summed E-state index contributed by atoms with van der Waals surface area (Å²) in [5, 5.41) is 21.9. The first-order valence-electron chi connectivity index (χ1n) is 8.46. The van der Waals surface area contributed by atoms with Crippen molar-refractivity contribution < 1.29 is 15.0 Å². The summed E-state index contributed by atoms with van der Waals surface area (Å²) in [5.41, 5.74) is 0. The number of β-amino-alcohol motifs (C(OH)–C–C–N with tert-alkyl or cyclic N) is 1. The summed E-state index contributed by atoms with van der Waals surface area (Å²) in [5.74, 6) is 0.448. The molecule has 0 spiro atoms. The molecule has 0 radical (unpaired) electrons. The van der Waals surface area contributed by atoms with E-state index in [-0.39, 0.29) is 12.6 Å². The molecule has 2 aliphatic rings. The molecule has 5 heteroatoms. The summed E-state index contributed by atoms with van der Waals surface area (Å²) >= 11 is 0. The monoisotopic (exact) mass is 298 g/mol. The summed E-state index contributed by atoms with van der Waals surface area (Å²) in [6.07, 6.45) is 8.31. The third-order valence-electron chi connectivity index (χ3n) is 4.86. The molecule has 1 aliphatic heterocycles. The SMILES string of the molecule is O=C(O)CNCC1CCCN(CC(O)CC2CCCC2)C1. The zero-order valence-corrected chi connectivity index (χ0v) is 13.0. The van der Waals surface area contributed by atoms with E-state index in [1.165, 1.54) is 25.7 Å². The van der Waals surface area contributed by atoms with Gasteiger partial charge in [0.05, 0.1) is 12.6 Å². The van der Waals surface area contributed by atoms with Gasteiger partial charge in [0.25, 0.3) is 0 Å². The van der Waals surface area contributed by atoms with Crippen LogP contribution in [0.3, 0.4) is 0 Å². The molecule has 21 heavy (non-hydrogen) atoms. The summed E-state index contributed by atoms with van der Waals surface area (Å²) in [4.78, 5) is 12.9. The largest absolute Gasteiger partial charge is 0.480 e. The van der Waals surface area contributed by atoms with Gasteiger partial charge >= 0.3 is 5.97 Å². The Balaban J connectivity index is 1.64. The minimum absolute atomic E-state index is 0.0425. The third-order valence-corrected chi connectivity index (χ3v) is 4.86. The zero-order chi connectivity index (χ0) is 15.1. The van der Waals surface area contributed by atoms with Gasteiger partial charge in [0.15, 0.2) is 0 Å². The summed E-state index contributed by atoms with van der Waals surface area (Å²) in [6, 6.07) is 0. The fourth-order valence-corrected chi connectivity index (χ4v) is 3.87. The Morgan fingerprint density at radius 3 is 2.62 bits per heavy atom. The van der Waals surface area contributed by atoms with Gasteiger partial charge < -0.3 is 20.4 Å². The van der Waals surface area contributed by atoms with Crippen LogP contribution in [-0.2, 0) is 4.79 Å². The Labute approximate surface area is 127 Å². The van der Waals surface area contributed by atoms with Crippen LogP contribution in [0.4, 0.5) is 0 Å². The minimum atomic E-state index is -0.797. The van der Waals surface area contributed by atoms with Gasteiger partial charge in [-0.25, -0.2) is 0 Å². The molecule has 1 heterocycles. The van der Waals surface area contributed by atoms with Crippen molar-refractivity contribution in [2.75, 3.05) is 32.7 Å². The van der Waals surface area contributed by atoms with E-state index in [0.29, 0.717) is 5.92 Å². The number of rotatable bonds is 8. The van der Waals surface area contributed by atoms with Gasteiger partial charge in [0, 0.05) is 13.1 Å². The molecule has 3 N–H and O–H groups in total. The highest BCUT2D eigenvalue weighted by Gasteiger charge is 2.24. The normalized spacial score (nSPS) is 26.0. The first-order chi connectivity index (χ1) is 10.1. The Morgan fingerprint density at radius 1 is 1.19 bits per heavy atom. The smallest absolute Gasteiger partial charge is 0.317 e. The second-order valence-corrected chi connectivity index (χ2v) is 6.83. The number of hydrogen-bond acceptors (Lipinski definition) is 4. The van der Waals surface area contributed by atoms with Crippen molar-refractivity contribution in [3.8, 4) is 0 Å². The molecule has 0 amide bonds. The Hall–Kier alpha value is -0.650. The second-order valence-electron chi connectivity index (χ2n) is 6.83. The van der Waals surface area contributed by atoms with Crippen LogP contribution >= 0.6 is 0 Å². The first kappa shape index (κ1) is 16.7. The van der Waals surface area contributed by atoms with Crippen LogP contribution in [0.15, 0.2) is 0 Å². The molecule has 0 aromatic heterocycles. The van der Waals surface area contributed by atoms with Crippen LogP contribution in [0, 0.1) is 11.8 Å². The second kappa shape index (κ2) is 8.71. The topological polar surface area (TPSA) is 72.8 Å². The molecule has 0 bridgehead atoms. The van der Waals surface area contributed by atoms with Crippen molar-refractivity contribution >= 4 is 5.97 Å². The third kappa shape index (κ3) is 6.32. The van der Waals surface area contributed by atoms with E-state index in [1.807, 2.05) is 0 Å². The van der Waals surface area contributed by atoms with E-state index in [0.717, 1.165) is 51.4 Å². The van der Waals surface area contributed by atoms with Crippen LogP contribution in [0.1, 0.15) is 44.9 Å². The van der Waals surface area contributed by atoms with Gasteiger partial charge in [-0.3, -0.25) is 4.79 Å². The maximum absolute atomic E-state index is 10.5. The lowest BCUT2D eigenvalue weighted by molar-refractivity contribution is -0.136. The molecule has 0 aromatic rings. The zero-order valence-electron chi connectivity index (χ0n) is 13.0. The van der Waals surface area contributed by atoms with Gasteiger partial charge in [0.1, 0.15) is 0 Å². The summed E-state index contributed by atoms with van der Waals surface area (Å²) < 4.78 is 0. The Kier molecular flexibility index (Phi) is 6.93. The molecule has 0 aromatic carbocycles. The highest BCUT2D eigenvalue weighted by atomic mass is 16.4. The summed E-state index contributed by atoms with van der Waals surface area (Å²) in [6.45, 7) is 3.64. The predicted octanol–water partition coefficient (Wildman–Crippen LogP) is 1.31. The van der Waals surface area contributed by atoms with Crippen molar-refractivity contribution in [1.82, 2.24) is 10.2 Å². The van der Waals surface area contributed by atoms with Gasteiger partial charge in [-0.1, -0.05) is 25.7 Å². The molecule has 2 rings (SSSR count). The molecule has 2 fully saturated rings. The molecule has 122 valence electrons. The maximum atomic E-state index is 10.5. The van der Waals surface area contributed by atoms with Crippen molar-refractivity contribution in [3.05, 3.63) is 0 Å². The number of piperidine rings is 1. The Bertz CT molecular complexity index is 319. The molecule has 5 nitrogen and oxygen atoms in total. The van der Waals surface area contributed by atoms with Crippen molar-refractivity contribution in [2.24, 2.45) is 11.8 Å². The average molecular weight is 298 g/mol. The number of carboxylic acids is 1. The van der Waals surface area contributed by atoms with E-state index >= 15 is 0 Å². The van der Waals surface area contributed by atoms with Crippen molar-refractivity contribution in [2.45, 2.75) is 51.0 Å².